The molecule has 0 aromatic rings. The van der Waals surface area contributed by atoms with Gasteiger partial charge in [0.1, 0.15) is 6.10 Å². The molecular weight excluding hydrogens is 622 g/mol. The fourth-order valence-electron chi connectivity index (χ4n) is 12.6. The average molecular weight is 690 g/mol. The third-order valence-electron chi connectivity index (χ3n) is 15.4. The third kappa shape index (κ3) is 5.97. The molecule has 1 aliphatic heterocycles. The van der Waals surface area contributed by atoms with Crippen molar-refractivity contribution >= 4 is 5.78 Å². The maximum Gasteiger partial charge on any atom is 0.182 e. The minimum Gasteiger partial charge on any atom is -0.392 e. The molecule has 4 saturated carbocycles. The molecule has 6 rings (SSSR count). The van der Waals surface area contributed by atoms with E-state index >= 15 is 0 Å². The highest BCUT2D eigenvalue weighted by molar-refractivity contribution is 6.00. The van der Waals surface area contributed by atoms with E-state index < -0.39 is 64.4 Å². The fraction of sp³-hybridized carbons (Fsp3) is 0.925. The topological polar surface area (TPSA) is 160 Å². The summed E-state index contributed by atoms with van der Waals surface area (Å²) < 4.78 is 6.25. The van der Waals surface area contributed by atoms with Crippen LogP contribution in [0.25, 0.3) is 0 Å². The number of Topliss-reactive ketones (excluding diaryl/α,β-unsaturated/α-hetero) is 1. The molecule has 6 aliphatic rings. The predicted molar refractivity (Wildman–Crippen MR) is 187 cm³/mol. The number of aliphatic hydroxyl groups excluding tert-OH is 4. The lowest BCUT2D eigenvalue weighted by Crippen LogP contribution is -2.66. The molecule has 0 aromatic heterocycles. The molecule has 1 heterocycles. The van der Waals surface area contributed by atoms with Gasteiger partial charge < -0.3 is 40.7 Å². The number of carbonyl (C=O) groups is 1. The first-order valence-electron chi connectivity index (χ1n) is 20.0. The zero-order valence-electron chi connectivity index (χ0n) is 30.9. The number of allylic oxidation sites excluding steroid dienone is 1. The molecule has 7 N–H and O–H groups in total. The van der Waals surface area contributed by atoms with Crippen molar-refractivity contribution in [2.45, 2.75) is 173 Å². The lowest BCUT2D eigenvalue weighted by Gasteiger charge is -2.64. The summed E-state index contributed by atoms with van der Waals surface area (Å²) in [5.74, 6) is -0.619. The van der Waals surface area contributed by atoms with E-state index in [1.807, 2.05) is 6.92 Å². The van der Waals surface area contributed by atoms with Gasteiger partial charge in [0, 0.05) is 17.9 Å². The number of rotatable bonds is 12. The maximum absolute atomic E-state index is 14.8. The van der Waals surface area contributed by atoms with Gasteiger partial charge in [-0.2, -0.15) is 0 Å². The minimum atomic E-state index is -1.55. The summed E-state index contributed by atoms with van der Waals surface area (Å²) in [7, 11) is 0. The Bertz CT molecular complexity index is 1230. The number of nitrogens with one attached hydrogen (secondary N) is 1. The van der Waals surface area contributed by atoms with Gasteiger partial charge in [0.2, 0.25) is 0 Å². The van der Waals surface area contributed by atoms with E-state index in [-0.39, 0.29) is 36.5 Å². The van der Waals surface area contributed by atoms with Gasteiger partial charge in [0.05, 0.1) is 47.9 Å². The molecule has 14 unspecified atom stereocenters. The molecule has 0 spiro atoms. The summed E-state index contributed by atoms with van der Waals surface area (Å²) in [5, 5.41) is 73.4. The highest BCUT2D eigenvalue weighted by Gasteiger charge is 2.72. The molecular formula is C40H67NO8. The Labute approximate surface area is 294 Å². The van der Waals surface area contributed by atoms with Crippen molar-refractivity contribution in [3.05, 3.63) is 11.3 Å². The number of ether oxygens (including phenoxy) is 1. The second-order valence-electron chi connectivity index (χ2n) is 18.0. The second kappa shape index (κ2) is 14.1. The van der Waals surface area contributed by atoms with Gasteiger partial charge in [-0.25, -0.2) is 0 Å². The number of aliphatic hydroxyl groups is 6. The lowest BCUT2D eigenvalue weighted by atomic mass is 9.41. The number of fused-ring (bicyclic) bond motifs is 5. The van der Waals surface area contributed by atoms with Crippen LogP contribution in [0.2, 0.25) is 0 Å². The molecule has 49 heavy (non-hydrogen) atoms. The second-order valence-corrected chi connectivity index (χ2v) is 18.0. The van der Waals surface area contributed by atoms with Gasteiger partial charge in [-0.15, -0.1) is 0 Å². The van der Waals surface area contributed by atoms with Gasteiger partial charge in [0.15, 0.2) is 5.78 Å². The van der Waals surface area contributed by atoms with E-state index in [0.717, 1.165) is 38.5 Å². The van der Waals surface area contributed by atoms with Crippen LogP contribution >= 0.6 is 0 Å². The average Bonchev–Trinajstić information content (AvgIpc) is 3.78. The van der Waals surface area contributed by atoms with Crippen molar-refractivity contribution in [3.63, 3.8) is 0 Å². The molecule has 1 saturated heterocycles. The first-order valence-corrected chi connectivity index (χ1v) is 20.0. The quantitative estimate of drug-likeness (QED) is 0.148. The molecule has 0 aromatic carbocycles. The Hall–Kier alpha value is -1.07. The summed E-state index contributed by atoms with van der Waals surface area (Å²) in [6, 6.07) is 0. The van der Waals surface area contributed by atoms with E-state index in [1.54, 1.807) is 13.8 Å². The Balaban J connectivity index is 1.36. The minimum absolute atomic E-state index is 0.0955. The van der Waals surface area contributed by atoms with Crippen LogP contribution in [0.3, 0.4) is 0 Å². The summed E-state index contributed by atoms with van der Waals surface area (Å²) in [6.45, 7) is 10.5. The number of hydrogen-bond acceptors (Lipinski definition) is 9. The van der Waals surface area contributed by atoms with Crippen molar-refractivity contribution in [1.82, 2.24) is 5.32 Å². The van der Waals surface area contributed by atoms with Crippen molar-refractivity contribution in [1.29, 1.82) is 0 Å². The molecule has 5 fully saturated rings. The number of hydrogen-bond donors (Lipinski definition) is 7. The largest absolute Gasteiger partial charge is 0.392 e. The van der Waals surface area contributed by atoms with Crippen LogP contribution < -0.4 is 5.32 Å². The fourth-order valence-corrected chi connectivity index (χ4v) is 12.6. The molecule has 9 heteroatoms. The van der Waals surface area contributed by atoms with E-state index in [1.165, 1.54) is 19.3 Å². The van der Waals surface area contributed by atoms with Crippen LogP contribution in [0.4, 0.5) is 0 Å². The maximum atomic E-state index is 14.8. The van der Waals surface area contributed by atoms with Gasteiger partial charge in [0.25, 0.3) is 0 Å². The summed E-state index contributed by atoms with van der Waals surface area (Å²) in [5.41, 5.74) is -3.37. The summed E-state index contributed by atoms with van der Waals surface area (Å²) in [4.78, 5) is 14.8. The van der Waals surface area contributed by atoms with Gasteiger partial charge >= 0.3 is 0 Å². The third-order valence-corrected chi connectivity index (χ3v) is 15.4. The Morgan fingerprint density at radius 1 is 1.02 bits per heavy atom. The number of carbonyl (C=O) groups excluding carboxylic acids is 1. The van der Waals surface area contributed by atoms with Crippen LogP contribution in [0.15, 0.2) is 11.3 Å². The van der Waals surface area contributed by atoms with E-state index in [2.05, 4.69) is 19.2 Å². The van der Waals surface area contributed by atoms with Crippen LogP contribution in [-0.2, 0) is 9.53 Å². The van der Waals surface area contributed by atoms with Gasteiger partial charge in [-0.05, 0) is 112 Å². The summed E-state index contributed by atoms with van der Waals surface area (Å²) >= 11 is 0. The van der Waals surface area contributed by atoms with Gasteiger partial charge in [-0.1, -0.05) is 59.3 Å². The zero-order valence-corrected chi connectivity index (χ0v) is 30.9. The van der Waals surface area contributed by atoms with Crippen molar-refractivity contribution < 1.29 is 40.2 Å². The van der Waals surface area contributed by atoms with Crippen LogP contribution in [0.1, 0.15) is 131 Å². The number of unbranched alkanes of at least 4 members (excludes halogenated alkanes) is 3. The van der Waals surface area contributed by atoms with Gasteiger partial charge in [-0.3, -0.25) is 4.79 Å². The zero-order chi connectivity index (χ0) is 35.5. The predicted octanol–water partition coefficient (Wildman–Crippen LogP) is 4.39. The van der Waals surface area contributed by atoms with E-state index in [9.17, 15) is 35.4 Å². The molecule has 0 bridgehead atoms. The highest BCUT2D eigenvalue weighted by Crippen LogP contribution is 2.71. The normalized spacial score (nSPS) is 45.1. The molecule has 280 valence electrons. The van der Waals surface area contributed by atoms with E-state index in [0.29, 0.717) is 55.9 Å². The molecule has 0 amide bonds. The Morgan fingerprint density at radius 3 is 2.41 bits per heavy atom. The van der Waals surface area contributed by atoms with Crippen molar-refractivity contribution in [2.75, 3.05) is 13.2 Å². The van der Waals surface area contributed by atoms with Crippen molar-refractivity contribution in [3.8, 4) is 0 Å². The number of ketones is 1. The van der Waals surface area contributed by atoms with Crippen molar-refractivity contribution in [2.24, 2.45) is 46.3 Å². The molecule has 0 radical (unpaired) electrons. The molecule has 14 atom stereocenters. The summed E-state index contributed by atoms with van der Waals surface area (Å²) in [6.07, 6.45) is 8.19. The Kier molecular flexibility index (Phi) is 10.8. The molecule has 5 aliphatic carbocycles. The Morgan fingerprint density at radius 2 is 1.73 bits per heavy atom. The van der Waals surface area contributed by atoms with E-state index in [4.69, 9.17) is 4.74 Å². The monoisotopic (exact) mass is 689 g/mol. The highest BCUT2D eigenvalue weighted by atomic mass is 16.5. The first kappa shape index (κ1) is 37.7. The SMILES string of the molecule is CCCCCCC1COC(C(O)C(C)(O)C2CCC3(O)C4=C(NCC(C)O)C(=O)C5CC(O)C(O)CC5(C5CCCC5)C4CCC23C)C1C. The van der Waals surface area contributed by atoms with Crippen LogP contribution in [0, 0.1) is 46.3 Å². The standard InChI is InChI=1S/C40H67NO8/c1-6-7-8-9-12-25-22-49-35(24(25)3)36(46)38(5,47)31-16-18-40(48)32-27(15-17-37(31,40)4)39(26-13-10-11-14-26)20-30(44)29(43)19-28(39)34(45)33(32)41-21-23(2)42/h23-31,35-36,41-44,46-48H,6-22H2,1-5H3. The smallest absolute Gasteiger partial charge is 0.182 e. The van der Waals surface area contributed by atoms with Crippen LogP contribution in [-0.4, -0.2) is 91.3 Å². The lowest BCUT2D eigenvalue weighted by molar-refractivity contribution is -0.199. The molecule has 9 nitrogen and oxygen atoms in total. The van der Waals surface area contributed by atoms with Crippen LogP contribution in [0.5, 0.6) is 0 Å². The first-order chi connectivity index (χ1) is 23.1.